The van der Waals surface area contributed by atoms with Crippen LogP contribution >= 0.6 is 0 Å². The van der Waals surface area contributed by atoms with Crippen LogP contribution in [0.1, 0.15) is 20.3 Å². The molecule has 9 heavy (non-hydrogen) atoms. The van der Waals surface area contributed by atoms with Gasteiger partial charge in [0.05, 0.1) is 0 Å². The van der Waals surface area contributed by atoms with Crippen LogP contribution in [-0.2, 0) is 0 Å². The first-order valence-electron chi connectivity index (χ1n) is 3.40. The summed E-state index contributed by atoms with van der Waals surface area (Å²) in [5.41, 5.74) is 6.12. The van der Waals surface area contributed by atoms with Gasteiger partial charge in [0.2, 0.25) is 0 Å². The van der Waals surface area contributed by atoms with Crippen molar-refractivity contribution >= 4 is 0 Å². The number of hydrogen-bond acceptors (Lipinski definition) is 2. The van der Waals surface area contributed by atoms with Gasteiger partial charge in [-0.2, -0.15) is 0 Å². The molecule has 2 nitrogen and oxygen atoms in total. The fourth-order valence-corrected chi connectivity index (χ4v) is 1.20. The van der Waals surface area contributed by atoms with E-state index in [0.29, 0.717) is 0 Å². The molecule has 0 aromatic carbocycles. The highest BCUT2D eigenvalue weighted by molar-refractivity contribution is 5.15. The molecule has 1 heterocycles. The number of nitrogens with one attached hydrogen (secondary N) is 1. The van der Waals surface area contributed by atoms with Gasteiger partial charge in [0.15, 0.2) is 0 Å². The highest BCUT2D eigenvalue weighted by Crippen LogP contribution is 2.11. The molecule has 52 valence electrons. The third-order valence-corrected chi connectivity index (χ3v) is 1.67. The van der Waals surface area contributed by atoms with Crippen LogP contribution < -0.4 is 5.43 Å². The maximum Gasteiger partial charge on any atom is 0.0403 e. The Morgan fingerprint density at radius 2 is 2.33 bits per heavy atom. The SMILES string of the molecule is CCC1=C(C)CN(C)N1. The number of nitrogens with zero attached hydrogens (tertiary/aromatic N) is 1. The Morgan fingerprint density at radius 1 is 1.67 bits per heavy atom. The lowest BCUT2D eigenvalue weighted by Gasteiger charge is -2.09. The summed E-state index contributed by atoms with van der Waals surface area (Å²) in [4.78, 5) is 0. The summed E-state index contributed by atoms with van der Waals surface area (Å²) in [5, 5.41) is 2.11. The van der Waals surface area contributed by atoms with Crippen molar-refractivity contribution in [1.29, 1.82) is 0 Å². The molecule has 0 aromatic rings. The molecule has 0 fully saturated rings. The van der Waals surface area contributed by atoms with E-state index in [1.165, 1.54) is 11.3 Å². The molecule has 0 amide bonds. The molecular formula is C7H14N2. The monoisotopic (exact) mass is 126 g/mol. The van der Waals surface area contributed by atoms with Gasteiger partial charge in [-0.3, -0.25) is 0 Å². The summed E-state index contributed by atoms with van der Waals surface area (Å²) in [6.45, 7) is 5.42. The predicted molar refractivity (Wildman–Crippen MR) is 38.8 cm³/mol. The summed E-state index contributed by atoms with van der Waals surface area (Å²) in [6.07, 6.45) is 1.12. The molecule has 0 bridgehead atoms. The molecule has 2 heteroatoms. The number of hydrazine groups is 1. The molecule has 1 aliphatic heterocycles. The van der Waals surface area contributed by atoms with Gasteiger partial charge < -0.3 is 5.43 Å². The van der Waals surface area contributed by atoms with E-state index in [0.717, 1.165) is 13.0 Å². The van der Waals surface area contributed by atoms with Crippen molar-refractivity contribution in [1.82, 2.24) is 10.4 Å². The van der Waals surface area contributed by atoms with Gasteiger partial charge in [0.1, 0.15) is 0 Å². The lowest BCUT2D eigenvalue weighted by molar-refractivity contribution is 0.317. The third kappa shape index (κ3) is 1.24. The van der Waals surface area contributed by atoms with Crippen LogP contribution in [0.3, 0.4) is 0 Å². The van der Waals surface area contributed by atoms with Crippen LogP contribution in [-0.4, -0.2) is 18.6 Å². The van der Waals surface area contributed by atoms with E-state index in [-0.39, 0.29) is 0 Å². The minimum absolute atomic E-state index is 1.07. The van der Waals surface area contributed by atoms with Gasteiger partial charge >= 0.3 is 0 Å². The van der Waals surface area contributed by atoms with Gasteiger partial charge in [0, 0.05) is 19.3 Å². The van der Waals surface area contributed by atoms with Crippen LogP contribution in [0.15, 0.2) is 11.3 Å². The molecule has 1 N–H and O–H groups in total. The van der Waals surface area contributed by atoms with Crippen molar-refractivity contribution < 1.29 is 0 Å². The van der Waals surface area contributed by atoms with Crippen LogP contribution in [0.25, 0.3) is 0 Å². The predicted octanol–water partition coefficient (Wildman–Crippen LogP) is 1.12. The largest absolute Gasteiger partial charge is 0.323 e. The van der Waals surface area contributed by atoms with Crippen LogP contribution in [0.4, 0.5) is 0 Å². The first-order chi connectivity index (χ1) is 4.24. The smallest absolute Gasteiger partial charge is 0.0403 e. The Labute approximate surface area is 56.5 Å². The number of rotatable bonds is 1. The Hall–Kier alpha value is -0.500. The Kier molecular flexibility index (Phi) is 1.76. The second-order valence-electron chi connectivity index (χ2n) is 2.58. The minimum atomic E-state index is 1.07. The number of hydrogen-bond donors (Lipinski definition) is 1. The van der Waals surface area contributed by atoms with E-state index in [4.69, 9.17) is 0 Å². The first kappa shape index (κ1) is 6.62. The molecule has 0 atom stereocenters. The van der Waals surface area contributed by atoms with E-state index in [9.17, 15) is 0 Å². The Bertz CT molecular complexity index is 138. The fraction of sp³-hybridized carbons (Fsp3) is 0.714. The lowest BCUT2D eigenvalue weighted by atomic mass is 10.2. The number of likely N-dealkylation sites (N-methyl/N-ethyl adjacent to an activating group) is 1. The lowest BCUT2D eigenvalue weighted by Crippen LogP contribution is -2.27. The van der Waals surface area contributed by atoms with E-state index in [1.807, 2.05) is 0 Å². The van der Waals surface area contributed by atoms with Gasteiger partial charge in [-0.05, 0) is 18.9 Å². The van der Waals surface area contributed by atoms with Crippen molar-refractivity contribution in [3.8, 4) is 0 Å². The van der Waals surface area contributed by atoms with E-state index in [1.54, 1.807) is 0 Å². The highest BCUT2D eigenvalue weighted by atomic mass is 15.5. The second kappa shape index (κ2) is 2.40. The van der Waals surface area contributed by atoms with E-state index < -0.39 is 0 Å². The zero-order valence-electron chi connectivity index (χ0n) is 6.36. The summed E-state index contributed by atoms with van der Waals surface area (Å²) >= 11 is 0. The van der Waals surface area contributed by atoms with Crippen LogP contribution in [0.2, 0.25) is 0 Å². The van der Waals surface area contributed by atoms with Gasteiger partial charge in [-0.25, -0.2) is 5.01 Å². The minimum Gasteiger partial charge on any atom is -0.323 e. The molecule has 1 rings (SSSR count). The molecule has 0 aliphatic carbocycles. The van der Waals surface area contributed by atoms with Crippen LogP contribution in [0.5, 0.6) is 0 Å². The average Bonchev–Trinajstić information content (AvgIpc) is 2.10. The zero-order chi connectivity index (χ0) is 6.85. The maximum absolute atomic E-state index is 3.27. The average molecular weight is 126 g/mol. The number of allylic oxidation sites excluding steroid dienone is 1. The Morgan fingerprint density at radius 3 is 2.56 bits per heavy atom. The molecular weight excluding hydrogens is 112 g/mol. The first-order valence-corrected chi connectivity index (χ1v) is 3.40. The van der Waals surface area contributed by atoms with Gasteiger partial charge in [-0.15, -0.1) is 0 Å². The Balaban J connectivity index is 2.58. The van der Waals surface area contributed by atoms with Gasteiger partial charge in [0.25, 0.3) is 0 Å². The molecule has 0 spiro atoms. The standard InChI is InChI=1S/C7H14N2/c1-4-7-6(2)5-9(3)8-7/h8H,4-5H2,1-3H3. The van der Waals surface area contributed by atoms with Crippen LogP contribution in [0, 0.1) is 0 Å². The summed E-state index contributed by atoms with van der Waals surface area (Å²) in [5.74, 6) is 0. The molecule has 0 saturated carbocycles. The summed E-state index contributed by atoms with van der Waals surface area (Å²) < 4.78 is 0. The van der Waals surface area contributed by atoms with Crippen molar-refractivity contribution in [2.24, 2.45) is 0 Å². The quantitative estimate of drug-likeness (QED) is 0.566. The molecule has 0 unspecified atom stereocenters. The summed E-state index contributed by atoms with van der Waals surface area (Å²) in [7, 11) is 2.06. The molecule has 1 aliphatic rings. The van der Waals surface area contributed by atoms with E-state index >= 15 is 0 Å². The van der Waals surface area contributed by atoms with Gasteiger partial charge in [-0.1, -0.05) is 6.92 Å². The fourth-order valence-electron chi connectivity index (χ4n) is 1.20. The van der Waals surface area contributed by atoms with E-state index in [2.05, 4.69) is 31.3 Å². The van der Waals surface area contributed by atoms with Crippen molar-refractivity contribution in [3.05, 3.63) is 11.3 Å². The summed E-state index contributed by atoms with van der Waals surface area (Å²) in [6, 6.07) is 0. The molecule has 0 radical (unpaired) electrons. The topological polar surface area (TPSA) is 15.3 Å². The maximum atomic E-state index is 3.27. The highest BCUT2D eigenvalue weighted by Gasteiger charge is 2.11. The van der Waals surface area contributed by atoms with Crippen molar-refractivity contribution in [2.45, 2.75) is 20.3 Å². The molecule has 0 aromatic heterocycles. The second-order valence-corrected chi connectivity index (χ2v) is 2.58. The zero-order valence-corrected chi connectivity index (χ0v) is 6.36. The normalized spacial score (nSPS) is 20.8. The third-order valence-electron chi connectivity index (χ3n) is 1.67. The molecule has 0 saturated heterocycles. The van der Waals surface area contributed by atoms with Crippen molar-refractivity contribution in [2.75, 3.05) is 13.6 Å². The van der Waals surface area contributed by atoms with Crippen molar-refractivity contribution in [3.63, 3.8) is 0 Å².